The molecule has 1 aromatic carbocycles. The van der Waals surface area contributed by atoms with Crippen molar-refractivity contribution in [3.05, 3.63) is 42.9 Å². The second-order valence-electron chi connectivity index (χ2n) is 7.19. The van der Waals surface area contributed by atoms with Gasteiger partial charge in [0, 0.05) is 52.4 Å². The summed E-state index contributed by atoms with van der Waals surface area (Å²) in [6.07, 6.45) is 4.77. The van der Waals surface area contributed by atoms with Crippen LogP contribution in [0.25, 0.3) is 44.1 Å². The van der Waals surface area contributed by atoms with Gasteiger partial charge in [0.1, 0.15) is 11.4 Å². The Labute approximate surface area is 166 Å². The number of methoxy groups -OCH3 is 1. The van der Waals surface area contributed by atoms with E-state index in [1.807, 2.05) is 53.1 Å². The number of nitrogens with one attached hydrogen (secondary N) is 1. The zero-order chi connectivity index (χ0) is 20.1. The molecule has 4 aromatic heterocycles. The monoisotopic (exact) mass is 391 g/mol. The number of aryl methyl sites for hydroxylation is 1. The molecule has 0 saturated carbocycles. The number of hydrogen-bond acceptors (Lipinski definition) is 5. The summed E-state index contributed by atoms with van der Waals surface area (Å²) in [4.78, 5) is 7.95. The first-order chi connectivity index (χ1) is 14.1. The van der Waals surface area contributed by atoms with Crippen LogP contribution in [0.2, 0.25) is 0 Å². The van der Waals surface area contributed by atoms with E-state index in [-0.39, 0.29) is 6.61 Å². The number of ether oxygens (including phenoxy) is 1. The van der Waals surface area contributed by atoms with Gasteiger partial charge in [-0.3, -0.25) is 4.68 Å². The average molecular weight is 391 g/mol. The normalized spacial score (nSPS) is 13.0. The van der Waals surface area contributed by atoms with Crippen molar-refractivity contribution in [3.8, 4) is 17.0 Å². The van der Waals surface area contributed by atoms with E-state index in [4.69, 9.17) is 4.74 Å². The molecule has 5 rings (SSSR count). The molecule has 0 fully saturated rings. The van der Waals surface area contributed by atoms with Crippen LogP contribution in [0.3, 0.4) is 0 Å². The Bertz CT molecular complexity index is 1350. The lowest BCUT2D eigenvalue weighted by Gasteiger charge is -2.09. The average Bonchev–Trinajstić information content (AvgIpc) is 3.42. The maximum Gasteiger partial charge on any atom is 0.139 e. The molecule has 0 aliphatic rings. The lowest BCUT2D eigenvalue weighted by Crippen LogP contribution is -2.19. The molecule has 8 nitrogen and oxygen atoms in total. The van der Waals surface area contributed by atoms with Gasteiger partial charge in [0.05, 0.1) is 38.1 Å². The van der Waals surface area contributed by atoms with Gasteiger partial charge in [-0.1, -0.05) is 0 Å². The highest BCUT2D eigenvalue weighted by Crippen LogP contribution is 2.35. The number of benzene rings is 1. The zero-order valence-corrected chi connectivity index (χ0v) is 16.1. The summed E-state index contributed by atoms with van der Waals surface area (Å²) in [7, 11) is 3.56. The van der Waals surface area contributed by atoms with Crippen molar-refractivity contribution < 1.29 is 14.9 Å². The van der Waals surface area contributed by atoms with Crippen molar-refractivity contribution in [2.45, 2.75) is 12.6 Å². The van der Waals surface area contributed by atoms with Gasteiger partial charge in [-0.2, -0.15) is 5.10 Å². The Morgan fingerprint density at radius 3 is 2.86 bits per heavy atom. The summed E-state index contributed by atoms with van der Waals surface area (Å²) in [6.45, 7) is 0.00369. The molecule has 0 aliphatic carbocycles. The third kappa shape index (κ3) is 2.76. The Balaban J connectivity index is 1.75. The second kappa shape index (κ2) is 6.61. The fourth-order valence-corrected chi connectivity index (χ4v) is 3.94. The molecule has 1 unspecified atom stereocenters. The van der Waals surface area contributed by atoms with E-state index in [0.29, 0.717) is 6.54 Å². The second-order valence-corrected chi connectivity index (χ2v) is 7.19. The molecular weight excluding hydrogens is 370 g/mol. The van der Waals surface area contributed by atoms with Crippen LogP contribution in [0.1, 0.15) is 0 Å². The summed E-state index contributed by atoms with van der Waals surface area (Å²) >= 11 is 0. The van der Waals surface area contributed by atoms with Crippen LogP contribution < -0.4 is 4.74 Å². The molecule has 0 spiro atoms. The molecule has 0 amide bonds. The number of hydrogen-bond donors (Lipinski definition) is 3. The lowest BCUT2D eigenvalue weighted by molar-refractivity contribution is 0.0822. The first kappa shape index (κ1) is 17.7. The van der Waals surface area contributed by atoms with Crippen molar-refractivity contribution in [3.63, 3.8) is 0 Å². The SMILES string of the molecule is COc1ccc2c(c1)c(-c1cc3c(ncc4cnn(C)c43)[nH]1)cn2CC(O)CO. The van der Waals surface area contributed by atoms with E-state index in [9.17, 15) is 10.2 Å². The van der Waals surface area contributed by atoms with Gasteiger partial charge in [-0.05, 0) is 24.3 Å². The highest BCUT2D eigenvalue weighted by molar-refractivity contribution is 6.06. The van der Waals surface area contributed by atoms with Crippen molar-refractivity contribution in [1.29, 1.82) is 0 Å². The van der Waals surface area contributed by atoms with Crippen molar-refractivity contribution in [2.24, 2.45) is 7.05 Å². The number of H-pyrrole nitrogens is 1. The van der Waals surface area contributed by atoms with Crippen molar-refractivity contribution in [2.75, 3.05) is 13.7 Å². The fraction of sp³-hybridized carbons (Fsp3) is 0.238. The van der Waals surface area contributed by atoms with Crippen LogP contribution in [0.4, 0.5) is 0 Å². The predicted molar refractivity (Wildman–Crippen MR) is 111 cm³/mol. The maximum absolute atomic E-state index is 9.97. The van der Waals surface area contributed by atoms with Crippen LogP contribution in [-0.4, -0.2) is 54.3 Å². The molecule has 0 saturated heterocycles. The summed E-state index contributed by atoms with van der Waals surface area (Å²) in [5, 5.41) is 26.5. The lowest BCUT2D eigenvalue weighted by atomic mass is 10.1. The van der Waals surface area contributed by atoms with E-state index < -0.39 is 6.10 Å². The van der Waals surface area contributed by atoms with Crippen LogP contribution >= 0.6 is 0 Å². The van der Waals surface area contributed by atoms with Gasteiger partial charge in [-0.25, -0.2) is 4.98 Å². The van der Waals surface area contributed by atoms with Crippen LogP contribution in [0.15, 0.2) is 42.9 Å². The van der Waals surface area contributed by atoms with Gasteiger partial charge in [-0.15, -0.1) is 0 Å². The van der Waals surface area contributed by atoms with Gasteiger partial charge in [0.25, 0.3) is 0 Å². The first-order valence-corrected chi connectivity index (χ1v) is 9.34. The third-order valence-corrected chi connectivity index (χ3v) is 5.35. The van der Waals surface area contributed by atoms with Gasteiger partial charge < -0.3 is 24.5 Å². The highest BCUT2D eigenvalue weighted by atomic mass is 16.5. The van der Waals surface area contributed by atoms with Crippen LogP contribution in [0, 0.1) is 0 Å². The van der Waals surface area contributed by atoms with Gasteiger partial charge in [0.15, 0.2) is 0 Å². The van der Waals surface area contributed by atoms with E-state index in [1.54, 1.807) is 7.11 Å². The fourth-order valence-electron chi connectivity index (χ4n) is 3.94. The number of nitrogens with zero attached hydrogens (tertiary/aromatic N) is 4. The van der Waals surface area contributed by atoms with E-state index in [1.165, 1.54) is 0 Å². The molecular formula is C21H21N5O3. The van der Waals surface area contributed by atoms with Gasteiger partial charge in [0.2, 0.25) is 0 Å². The molecule has 4 heterocycles. The third-order valence-electron chi connectivity index (χ3n) is 5.35. The van der Waals surface area contributed by atoms with E-state index >= 15 is 0 Å². The molecule has 1 atom stereocenters. The summed E-state index contributed by atoms with van der Waals surface area (Å²) < 4.78 is 9.21. The van der Waals surface area contributed by atoms with E-state index in [0.717, 1.165) is 49.8 Å². The molecule has 3 N–H and O–H groups in total. The quantitative estimate of drug-likeness (QED) is 0.427. The predicted octanol–water partition coefficient (Wildman–Crippen LogP) is 2.43. The Morgan fingerprint density at radius 1 is 1.21 bits per heavy atom. The molecule has 0 radical (unpaired) electrons. The minimum atomic E-state index is -0.834. The molecule has 29 heavy (non-hydrogen) atoms. The molecule has 0 bridgehead atoms. The Morgan fingerprint density at radius 2 is 2.07 bits per heavy atom. The maximum atomic E-state index is 9.97. The number of pyridine rings is 1. The van der Waals surface area contributed by atoms with Crippen LogP contribution in [-0.2, 0) is 13.6 Å². The number of aliphatic hydroxyl groups is 2. The minimum absolute atomic E-state index is 0.292. The number of aromatic nitrogens is 5. The Hall–Kier alpha value is -3.36. The standard InChI is InChI=1S/C21H21N5O3/c1-25-20-12(8-23-25)7-22-21-16(20)6-18(24-21)17-10-26(9-13(28)11-27)19-4-3-14(29-2)5-15(17)19/h3-8,10,13,27-28H,9,11H2,1-2H3,(H,22,24). The van der Waals surface area contributed by atoms with Crippen molar-refractivity contribution in [1.82, 2.24) is 24.3 Å². The highest BCUT2D eigenvalue weighted by Gasteiger charge is 2.17. The number of fused-ring (bicyclic) bond motifs is 4. The van der Waals surface area contributed by atoms with Gasteiger partial charge >= 0.3 is 0 Å². The first-order valence-electron chi connectivity index (χ1n) is 9.34. The summed E-state index contributed by atoms with van der Waals surface area (Å²) in [6, 6.07) is 7.90. The number of aliphatic hydroxyl groups excluding tert-OH is 2. The Kier molecular flexibility index (Phi) is 4.04. The minimum Gasteiger partial charge on any atom is -0.497 e. The summed E-state index contributed by atoms with van der Waals surface area (Å²) in [5.41, 5.74) is 4.64. The number of rotatable bonds is 5. The molecule has 0 aliphatic heterocycles. The number of aromatic amines is 1. The molecule has 8 heteroatoms. The smallest absolute Gasteiger partial charge is 0.139 e. The topological polar surface area (TPSA) is 101 Å². The molecule has 148 valence electrons. The van der Waals surface area contributed by atoms with Crippen LogP contribution in [0.5, 0.6) is 5.75 Å². The molecule has 5 aromatic rings. The largest absolute Gasteiger partial charge is 0.497 e. The van der Waals surface area contributed by atoms with E-state index in [2.05, 4.69) is 21.1 Å². The summed E-state index contributed by atoms with van der Waals surface area (Å²) in [5.74, 6) is 0.752. The van der Waals surface area contributed by atoms with Crippen molar-refractivity contribution >= 4 is 32.8 Å². The zero-order valence-electron chi connectivity index (χ0n) is 16.1.